The van der Waals surface area contributed by atoms with Gasteiger partial charge in [-0.25, -0.2) is 4.79 Å². The van der Waals surface area contributed by atoms with Gasteiger partial charge in [-0.3, -0.25) is 9.78 Å². The second kappa shape index (κ2) is 7.21. The zero-order chi connectivity index (χ0) is 15.9. The van der Waals surface area contributed by atoms with Crippen LogP contribution in [0.1, 0.15) is 15.9 Å². The molecule has 1 aromatic heterocycles. The Balaban J connectivity index is 1.94. The van der Waals surface area contributed by atoms with Gasteiger partial charge in [-0.2, -0.15) is 0 Å². The Bertz CT molecular complexity index is 671. The van der Waals surface area contributed by atoms with E-state index in [0.29, 0.717) is 17.0 Å². The van der Waals surface area contributed by atoms with Crippen LogP contribution in [0.25, 0.3) is 0 Å². The number of ether oxygens (including phenoxy) is 2. The Morgan fingerprint density at radius 1 is 1.27 bits per heavy atom. The maximum atomic E-state index is 11.9. The SMILES string of the molecule is COc1ccc(C)cc1NC(=O)COC(=O)c1cccnc1. The standard InChI is InChI=1S/C16H16N2O4/c1-11-5-6-14(21-2)13(8-11)18-15(19)10-22-16(20)12-4-3-7-17-9-12/h3-9H,10H2,1-2H3,(H,18,19). The summed E-state index contributed by atoms with van der Waals surface area (Å²) in [5.41, 5.74) is 1.80. The Morgan fingerprint density at radius 3 is 2.77 bits per heavy atom. The summed E-state index contributed by atoms with van der Waals surface area (Å²) < 4.78 is 10.1. The van der Waals surface area contributed by atoms with Crippen molar-refractivity contribution < 1.29 is 19.1 Å². The number of anilines is 1. The van der Waals surface area contributed by atoms with Crippen molar-refractivity contribution in [1.82, 2.24) is 4.98 Å². The van der Waals surface area contributed by atoms with E-state index in [9.17, 15) is 9.59 Å². The highest BCUT2D eigenvalue weighted by molar-refractivity contribution is 5.96. The molecule has 2 aromatic rings. The van der Waals surface area contributed by atoms with Crippen molar-refractivity contribution in [1.29, 1.82) is 0 Å². The van der Waals surface area contributed by atoms with Gasteiger partial charge in [0.25, 0.3) is 5.91 Å². The van der Waals surface area contributed by atoms with Crippen molar-refractivity contribution in [3.8, 4) is 5.75 Å². The van der Waals surface area contributed by atoms with Gasteiger partial charge in [0.2, 0.25) is 0 Å². The number of amides is 1. The van der Waals surface area contributed by atoms with Crippen molar-refractivity contribution in [2.24, 2.45) is 0 Å². The highest BCUT2D eigenvalue weighted by Gasteiger charge is 2.12. The van der Waals surface area contributed by atoms with Crippen LogP contribution >= 0.6 is 0 Å². The molecule has 0 aliphatic rings. The van der Waals surface area contributed by atoms with Gasteiger partial charge in [0.05, 0.1) is 18.4 Å². The highest BCUT2D eigenvalue weighted by Crippen LogP contribution is 2.24. The molecule has 0 saturated heterocycles. The molecule has 0 saturated carbocycles. The van der Waals surface area contributed by atoms with E-state index >= 15 is 0 Å². The summed E-state index contributed by atoms with van der Waals surface area (Å²) in [7, 11) is 1.52. The fourth-order valence-electron chi connectivity index (χ4n) is 1.80. The number of aryl methyl sites for hydroxylation is 1. The van der Waals surface area contributed by atoms with Gasteiger partial charge in [-0.15, -0.1) is 0 Å². The minimum atomic E-state index is -0.598. The Labute approximate surface area is 128 Å². The summed E-state index contributed by atoms with van der Waals surface area (Å²) in [4.78, 5) is 27.4. The second-order valence-corrected chi connectivity index (χ2v) is 4.57. The quantitative estimate of drug-likeness (QED) is 0.856. The molecule has 0 aliphatic heterocycles. The van der Waals surface area contributed by atoms with Crippen molar-refractivity contribution in [3.63, 3.8) is 0 Å². The van der Waals surface area contributed by atoms with Crippen LogP contribution in [0.4, 0.5) is 5.69 Å². The van der Waals surface area contributed by atoms with E-state index in [4.69, 9.17) is 9.47 Å². The average molecular weight is 300 g/mol. The first-order chi connectivity index (χ1) is 10.6. The third kappa shape index (κ3) is 4.05. The van der Waals surface area contributed by atoms with Gasteiger partial charge in [0, 0.05) is 12.4 Å². The van der Waals surface area contributed by atoms with Gasteiger partial charge in [0.1, 0.15) is 5.75 Å². The van der Waals surface area contributed by atoms with Crippen molar-refractivity contribution in [2.75, 3.05) is 19.0 Å². The number of benzene rings is 1. The van der Waals surface area contributed by atoms with E-state index in [1.807, 2.05) is 13.0 Å². The maximum absolute atomic E-state index is 11.9. The summed E-state index contributed by atoms with van der Waals surface area (Å²) in [5.74, 6) is -0.502. The first-order valence-electron chi connectivity index (χ1n) is 6.62. The molecule has 0 radical (unpaired) electrons. The minimum absolute atomic E-state index is 0.295. The molecule has 1 amide bonds. The maximum Gasteiger partial charge on any atom is 0.340 e. The first-order valence-corrected chi connectivity index (χ1v) is 6.62. The monoisotopic (exact) mass is 300 g/mol. The fraction of sp³-hybridized carbons (Fsp3) is 0.188. The molecule has 0 unspecified atom stereocenters. The van der Waals surface area contributed by atoms with Crippen LogP contribution in [0.15, 0.2) is 42.7 Å². The molecule has 114 valence electrons. The molecule has 0 fully saturated rings. The molecule has 22 heavy (non-hydrogen) atoms. The van der Waals surface area contributed by atoms with E-state index in [-0.39, 0.29) is 6.61 Å². The number of aromatic nitrogens is 1. The topological polar surface area (TPSA) is 77.5 Å². The number of methoxy groups -OCH3 is 1. The summed E-state index contributed by atoms with van der Waals surface area (Å²) in [6.45, 7) is 1.52. The number of rotatable bonds is 5. The number of carbonyl (C=O) groups excluding carboxylic acids is 2. The predicted molar refractivity (Wildman–Crippen MR) is 80.9 cm³/mol. The van der Waals surface area contributed by atoms with Crippen LogP contribution in [0.2, 0.25) is 0 Å². The number of esters is 1. The molecular weight excluding hydrogens is 284 g/mol. The van der Waals surface area contributed by atoms with Crippen LogP contribution in [-0.2, 0) is 9.53 Å². The molecule has 2 rings (SSSR count). The lowest BCUT2D eigenvalue weighted by atomic mass is 10.2. The minimum Gasteiger partial charge on any atom is -0.495 e. The normalized spacial score (nSPS) is 9.91. The van der Waals surface area contributed by atoms with Crippen LogP contribution in [0.5, 0.6) is 5.75 Å². The Morgan fingerprint density at radius 2 is 2.09 bits per heavy atom. The van der Waals surface area contributed by atoms with Gasteiger partial charge >= 0.3 is 5.97 Å². The summed E-state index contributed by atoms with van der Waals surface area (Å²) in [5, 5.41) is 2.65. The van der Waals surface area contributed by atoms with E-state index < -0.39 is 11.9 Å². The summed E-state index contributed by atoms with van der Waals surface area (Å²) in [6.07, 6.45) is 2.93. The molecule has 0 aliphatic carbocycles. The number of nitrogens with zero attached hydrogens (tertiary/aromatic N) is 1. The molecule has 6 nitrogen and oxygen atoms in total. The molecule has 0 atom stereocenters. The van der Waals surface area contributed by atoms with Crippen LogP contribution in [-0.4, -0.2) is 30.6 Å². The molecular formula is C16H16N2O4. The number of hydrogen-bond donors (Lipinski definition) is 1. The molecule has 1 aromatic carbocycles. The van der Waals surface area contributed by atoms with Gasteiger partial charge in [0.15, 0.2) is 6.61 Å². The van der Waals surface area contributed by atoms with Crippen molar-refractivity contribution >= 4 is 17.6 Å². The predicted octanol–water partition coefficient (Wildman–Crippen LogP) is 2.19. The fourth-order valence-corrected chi connectivity index (χ4v) is 1.80. The largest absolute Gasteiger partial charge is 0.495 e. The zero-order valence-electron chi connectivity index (χ0n) is 12.3. The van der Waals surface area contributed by atoms with Crippen LogP contribution in [0.3, 0.4) is 0 Å². The van der Waals surface area contributed by atoms with E-state index in [1.54, 1.807) is 30.5 Å². The van der Waals surface area contributed by atoms with Gasteiger partial charge in [-0.1, -0.05) is 6.07 Å². The Hall–Kier alpha value is -2.89. The third-order valence-electron chi connectivity index (χ3n) is 2.86. The lowest BCUT2D eigenvalue weighted by molar-refractivity contribution is -0.119. The lowest BCUT2D eigenvalue weighted by Crippen LogP contribution is -2.21. The molecule has 0 spiro atoms. The number of pyridine rings is 1. The zero-order valence-corrected chi connectivity index (χ0v) is 12.3. The van der Waals surface area contributed by atoms with E-state index in [2.05, 4.69) is 10.3 Å². The summed E-state index contributed by atoms with van der Waals surface area (Å²) in [6, 6.07) is 8.59. The van der Waals surface area contributed by atoms with Crippen LogP contribution in [0, 0.1) is 6.92 Å². The number of carbonyl (C=O) groups is 2. The second-order valence-electron chi connectivity index (χ2n) is 4.57. The average Bonchev–Trinajstić information content (AvgIpc) is 2.53. The number of hydrogen-bond acceptors (Lipinski definition) is 5. The molecule has 1 N–H and O–H groups in total. The molecule has 1 heterocycles. The first kappa shape index (κ1) is 15.5. The molecule has 6 heteroatoms. The van der Waals surface area contributed by atoms with E-state index in [1.165, 1.54) is 13.3 Å². The van der Waals surface area contributed by atoms with Crippen molar-refractivity contribution in [3.05, 3.63) is 53.9 Å². The van der Waals surface area contributed by atoms with Crippen LogP contribution < -0.4 is 10.1 Å². The number of nitrogens with one attached hydrogen (secondary N) is 1. The Kier molecular flexibility index (Phi) is 5.08. The van der Waals surface area contributed by atoms with Gasteiger partial charge < -0.3 is 14.8 Å². The smallest absolute Gasteiger partial charge is 0.340 e. The molecule has 0 bridgehead atoms. The lowest BCUT2D eigenvalue weighted by Gasteiger charge is -2.11. The third-order valence-corrected chi connectivity index (χ3v) is 2.86. The van der Waals surface area contributed by atoms with Crippen molar-refractivity contribution in [2.45, 2.75) is 6.92 Å². The van der Waals surface area contributed by atoms with Gasteiger partial charge in [-0.05, 0) is 36.8 Å². The summed E-state index contributed by atoms with van der Waals surface area (Å²) >= 11 is 0. The van der Waals surface area contributed by atoms with E-state index in [0.717, 1.165) is 5.56 Å². The highest BCUT2D eigenvalue weighted by atomic mass is 16.5.